The number of hydrogen-bond donors (Lipinski definition) is 0. The Morgan fingerprint density at radius 1 is 1.22 bits per heavy atom. The second-order valence-electron chi connectivity index (χ2n) is 4.32. The quantitative estimate of drug-likeness (QED) is 0.697. The van der Waals surface area contributed by atoms with E-state index in [0.717, 1.165) is 19.3 Å². The Kier molecular flexibility index (Phi) is 6.44. The molecule has 0 heterocycles. The first kappa shape index (κ1) is 14.7. The Bertz CT molecular complexity index is 351. The van der Waals surface area contributed by atoms with Gasteiger partial charge in [0.25, 0.3) is 0 Å². The largest absolute Gasteiger partial charge is 0.456 e. The molecule has 18 heavy (non-hydrogen) atoms. The fourth-order valence-corrected chi connectivity index (χ4v) is 1.78. The summed E-state index contributed by atoms with van der Waals surface area (Å²) < 4.78 is 10.5. The van der Waals surface area contributed by atoms with Gasteiger partial charge in [0.1, 0.15) is 6.10 Å². The molecule has 3 nitrogen and oxygen atoms in total. The molecule has 0 fully saturated rings. The number of esters is 1. The van der Waals surface area contributed by atoms with E-state index in [4.69, 9.17) is 9.47 Å². The summed E-state index contributed by atoms with van der Waals surface area (Å²) in [5.41, 5.74) is 1.82. The van der Waals surface area contributed by atoms with Gasteiger partial charge in [-0.05, 0) is 30.5 Å². The van der Waals surface area contributed by atoms with Gasteiger partial charge in [-0.2, -0.15) is 0 Å². The van der Waals surface area contributed by atoms with Crippen LogP contribution in [-0.4, -0.2) is 25.8 Å². The molecule has 0 radical (unpaired) electrons. The third-order valence-corrected chi connectivity index (χ3v) is 2.83. The van der Waals surface area contributed by atoms with E-state index in [1.165, 1.54) is 5.56 Å². The van der Waals surface area contributed by atoms with Crippen molar-refractivity contribution in [3.63, 3.8) is 0 Å². The Balaban J connectivity index is 2.61. The maximum absolute atomic E-state index is 11.9. The van der Waals surface area contributed by atoms with Gasteiger partial charge in [-0.25, -0.2) is 4.79 Å². The Morgan fingerprint density at radius 3 is 2.39 bits per heavy atom. The topological polar surface area (TPSA) is 35.5 Å². The molecule has 0 aliphatic rings. The summed E-state index contributed by atoms with van der Waals surface area (Å²) in [7, 11) is 1.62. The SMILES string of the molecule is CCCC(COC)OC(=O)c1ccc(CC)cc1. The Hall–Kier alpha value is -1.35. The van der Waals surface area contributed by atoms with E-state index in [1.807, 2.05) is 24.3 Å². The van der Waals surface area contributed by atoms with E-state index in [0.29, 0.717) is 12.2 Å². The number of ether oxygens (including phenoxy) is 2. The molecule has 1 aromatic carbocycles. The molecule has 100 valence electrons. The smallest absolute Gasteiger partial charge is 0.338 e. The molecule has 0 spiro atoms. The van der Waals surface area contributed by atoms with Gasteiger partial charge >= 0.3 is 5.97 Å². The van der Waals surface area contributed by atoms with E-state index in [2.05, 4.69) is 13.8 Å². The zero-order valence-electron chi connectivity index (χ0n) is 11.4. The predicted molar refractivity (Wildman–Crippen MR) is 71.8 cm³/mol. The molecule has 0 amide bonds. The summed E-state index contributed by atoms with van der Waals surface area (Å²) in [6.45, 7) is 4.60. The fraction of sp³-hybridized carbons (Fsp3) is 0.533. The van der Waals surface area contributed by atoms with Crippen LogP contribution in [-0.2, 0) is 15.9 Å². The molecular formula is C15H22O3. The van der Waals surface area contributed by atoms with Crippen LogP contribution < -0.4 is 0 Å². The van der Waals surface area contributed by atoms with E-state index >= 15 is 0 Å². The van der Waals surface area contributed by atoms with Gasteiger partial charge in [0, 0.05) is 7.11 Å². The summed E-state index contributed by atoms with van der Waals surface area (Å²) in [4.78, 5) is 11.9. The van der Waals surface area contributed by atoms with Crippen LogP contribution in [0, 0.1) is 0 Å². The van der Waals surface area contributed by atoms with Gasteiger partial charge in [-0.15, -0.1) is 0 Å². The second kappa shape index (κ2) is 7.88. The average Bonchev–Trinajstić information content (AvgIpc) is 2.39. The fourth-order valence-electron chi connectivity index (χ4n) is 1.78. The van der Waals surface area contributed by atoms with Crippen molar-refractivity contribution in [2.24, 2.45) is 0 Å². The van der Waals surface area contributed by atoms with Crippen molar-refractivity contribution in [3.05, 3.63) is 35.4 Å². The zero-order valence-corrected chi connectivity index (χ0v) is 11.4. The lowest BCUT2D eigenvalue weighted by atomic mass is 10.1. The van der Waals surface area contributed by atoms with Crippen molar-refractivity contribution in [1.82, 2.24) is 0 Å². The molecule has 3 heteroatoms. The highest BCUT2D eigenvalue weighted by atomic mass is 16.6. The van der Waals surface area contributed by atoms with Crippen molar-refractivity contribution in [1.29, 1.82) is 0 Å². The molecule has 0 aromatic heterocycles. The number of carbonyl (C=O) groups excluding carboxylic acids is 1. The van der Waals surface area contributed by atoms with E-state index in [1.54, 1.807) is 7.11 Å². The molecular weight excluding hydrogens is 228 g/mol. The monoisotopic (exact) mass is 250 g/mol. The lowest BCUT2D eigenvalue weighted by molar-refractivity contribution is 0.00298. The highest BCUT2D eigenvalue weighted by Crippen LogP contribution is 2.10. The maximum atomic E-state index is 11.9. The number of aryl methyl sites for hydroxylation is 1. The first-order chi connectivity index (χ1) is 8.71. The van der Waals surface area contributed by atoms with Gasteiger partial charge < -0.3 is 9.47 Å². The van der Waals surface area contributed by atoms with Gasteiger partial charge in [0.15, 0.2) is 0 Å². The van der Waals surface area contributed by atoms with Crippen LogP contribution in [0.4, 0.5) is 0 Å². The molecule has 0 saturated heterocycles. The first-order valence-electron chi connectivity index (χ1n) is 6.50. The summed E-state index contributed by atoms with van der Waals surface area (Å²) in [6.07, 6.45) is 2.61. The molecule has 1 rings (SSSR count). The number of carbonyl (C=O) groups is 1. The second-order valence-corrected chi connectivity index (χ2v) is 4.32. The van der Waals surface area contributed by atoms with E-state index < -0.39 is 0 Å². The third kappa shape index (κ3) is 4.49. The van der Waals surface area contributed by atoms with Crippen LogP contribution >= 0.6 is 0 Å². The molecule has 1 unspecified atom stereocenters. The molecule has 1 atom stereocenters. The van der Waals surface area contributed by atoms with Gasteiger partial charge in [-0.1, -0.05) is 32.4 Å². The average molecular weight is 250 g/mol. The minimum Gasteiger partial charge on any atom is -0.456 e. The Morgan fingerprint density at radius 2 is 1.89 bits per heavy atom. The summed E-state index contributed by atoms with van der Waals surface area (Å²) in [5.74, 6) is -0.270. The minimum absolute atomic E-state index is 0.154. The summed E-state index contributed by atoms with van der Waals surface area (Å²) >= 11 is 0. The highest BCUT2D eigenvalue weighted by molar-refractivity contribution is 5.89. The van der Waals surface area contributed by atoms with Crippen LogP contribution in [0.1, 0.15) is 42.6 Å². The van der Waals surface area contributed by atoms with Crippen LogP contribution in [0.2, 0.25) is 0 Å². The van der Waals surface area contributed by atoms with Crippen molar-refractivity contribution >= 4 is 5.97 Å². The summed E-state index contributed by atoms with van der Waals surface area (Å²) in [5, 5.41) is 0. The maximum Gasteiger partial charge on any atom is 0.338 e. The van der Waals surface area contributed by atoms with E-state index in [9.17, 15) is 4.79 Å². The number of rotatable bonds is 7. The van der Waals surface area contributed by atoms with Crippen LogP contribution in [0.25, 0.3) is 0 Å². The molecule has 0 aliphatic heterocycles. The van der Waals surface area contributed by atoms with Crippen molar-refractivity contribution in [2.75, 3.05) is 13.7 Å². The standard InChI is InChI=1S/C15H22O3/c1-4-6-14(11-17-3)18-15(16)13-9-7-12(5-2)8-10-13/h7-10,14H,4-6,11H2,1-3H3. The van der Waals surface area contributed by atoms with Crippen molar-refractivity contribution in [2.45, 2.75) is 39.2 Å². The predicted octanol–water partition coefficient (Wildman–Crippen LogP) is 3.22. The summed E-state index contributed by atoms with van der Waals surface area (Å²) in [6, 6.07) is 7.55. The van der Waals surface area contributed by atoms with Crippen LogP contribution in [0.3, 0.4) is 0 Å². The molecule has 0 bridgehead atoms. The molecule has 0 saturated carbocycles. The number of hydrogen-bond acceptors (Lipinski definition) is 3. The molecule has 0 aliphatic carbocycles. The zero-order chi connectivity index (χ0) is 13.4. The van der Waals surface area contributed by atoms with Crippen molar-refractivity contribution in [3.8, 4) is 0 Å². The Labute approximate surface area is 109 Å². The van der Waals surface area contributed by atoms with Crippen molar-refractivity contribution < 1.29 is 14.3 Å². The minimum atomic E-state index is -0.270. The lowest BCUT2D eigenvalue weighted by Gasteiger charge is -2.16. The normalized spacial score (nSPS) is 12.2. The van der Waals surface area contributed by atoms with E-state index in [-0.39, 0.29) is 12.1 Å². The first-order valence-corrected chi connectivity index (χ1v) is 6.50. The molecule has 1 aromatic rings. The number of benzene rings is 1. The highest BCUT2D eigenvalue weighted by Gasteiger charge is 2.15. The number of methoxy groups -OCH3 is 1. The third-order valence-electron chi connectivity index (χ3n) is 2.83. The lowest BCUT2D eigenvalue weighted by Crippen LogP contribution is -2.23. The van der Waals surface area contributed by atoms with Crippen LogP contribution in [0.15, 0.2) is 24.3 Å². The van der Waals surface area contributed by atoms with Gasteiger partial charge in [-0.3, -0.25) is 0 Å². The molecule has 0 N–H and O–H groups in total. The van der Waals surface area contributed by atoms with Gasteiger partial charge in [0.2, 0.25) is 0 Å². The van der Waals surface area contributed by atoms with Gasteiger partial charge in [0.05, 0.1) is 12.2 Å². The van der Waals surface area contributed by atoms with Crippen LogP contribution in [0.5, 0.6) is 0 Å².